The van der Waals surface area contributed by atoms with E-state index < -0.39 is 0 Å². The molecule has 0 aromatic rings. The quantitative estimate of drug-likeness (QED) is 0.772. The molecule has 1 unspecified atom stereocenters. The van der Waals surface area contributed by atoms with Crippen LogP contribution in [0.15, 0.2) is 0 Å². The van der Waals surface area contributed by atoms with Crippen LogP contribution in [0.2, 0.25) is 0 Å². The van der Waals surface area contributed by atoms with Gasteiger partial charge in [0.2, 0.25) is 0 Å². The average Bonchev–Trinajstić information content (AvgIpc) is 3.06. The molecule has 0 bridgehead atoms. The van der Waals surface area contributed by atoms with Gasteiger partial charge >= 0.3 is 0 Å². The first kappa shape index (κ1) is 12.4. The maximum absolute atomic E-state index is 3.49. The molecule has 1 aliphatic heterocycles. The number of nitrogens with zero attached hydrogens (tertiary/aromatic N) is 1. The molecule has 0 spiro atoms. The summed E-state index contributed by atoms with van der Waals surface area (Å²) in [4.78, 5) is 2.73. The highest BCUT2D eigenvalue weighted by atomic mass is 15.2. The molecule has 2 aliphatic rings. The number of nitrogens with one attached hydrogen (secondary N) is 1. The molecule has 94 valence electrons. The van der Waals surface area contributed by atoms with Crippen molar-refractivity contribution in [2.45, 2.75) is 52.5 Å². The molecule has 1 atom stereocenters. The van der Waals surface area contributed by atoms with E-state index in [1.807, 2.05) is 0 Å². The smallest absolute Gasteiger partial charge is 0.0121 e. The Morgan fingerprint density at radius 1 is 1.31 bits per heavy atom. The van der Waals surface area contributed by atoms with Crippen molar-refractivity contribution < 1.29 is 0 Å². The van der Waals surface area contributed by atoms with Gasteiger partial charge in [-0.1, -0.05) is 13.8 Å². The van der Waals surface area contributed by atoms with Crippen molar-refractivity contribution in [3.8, 4) is 0 Å². The lowest BCUT2D eigenvalue weighted by Gasteiger charge is -2.39. The molecule has 0 aromatic heterocycles. The van der Waals surface area contributed by atoms with E-state index in [9.17, 15) is 0 Å². The number of hydrogen-bond acceptors (Lipinski definition) is 2. The van der Waals surface area contributed by atoms with Crippen LogP contribution in [0, 0.1) is 11.3 Å². The highest BCUT2D eigenvalue weighted by Gasteiger charge is 2.45. The summed E-state index contributed by atoms with van der Waals surface area (Å²) in [6.07, 6.45) is 5.69. The lowest BCUT2D eigenvalue weighted by molar-refractivity contribution is 0.101. The van der Waals surface area contributed by atoms with E-state index >= 15 is 0 Å². The molecule has 1 aliphatic carbocycles. The van der Waals surface area contributed by atoms with Crippen molar-refractivity contribution in [3.63, 3.8) is 0 Å². The Balaban J connectivity index is 1.72. The van der Waals surface area contributed by atoms with Crippen molar-refractivity contribution >= 4 is 0 Å². The molecule has 1 saturated carbocycles. The second kappa shape index (κ2) is 5.05. The largest absolute Gasteiger partial charge is 0.317 e. The van der Waals surface area contributed by atoms with Gasteiger partial charge in [-0.15, -0.1) is 0 Å². The zero-order valence-electron chi connectivity index (χ0n) is 11.3. The minimum Gasteiger partial charge on any atom is -0.317 e. The fraction of sp³-hybridized carbons (Fsp3) is 1.00. The number of hydrogen-bond donors (Lipinski definition) is 1. The van der Waals surface area contributed by atoms with Crippen molar-refractivity contribution in [2.75, 3.05) is 26.2 Å². The Morgan fingerprint density at radius 2 is 1.94 bits per heavy atom. The van der Waals surface area contributed by atoms with Gasteiger partial charge in [-0.05, 0) is 70.1 Å². The summed E-state index contributed by atoms with van der Waals surface area (Å²) in [5.41, 5.74) is 0.661. The molecular formula is C14H28N2. The van der Waals surface area contributed by atoms with Crippen LogP contribution in [0.3, 0.4) is 0 Å². The van der Waals surface area contributed by atoms with Gasteiger partial charge in [0.1, 0.15) is 0 Å². The fourth-order valence-electron chi connectivity index (χ4n) is 2.95. The normalized spacial score (nSPS) is 27.9. The predicted molar refractivity (Wildman–Crippen MR) is 69.6 cm³/mol. The van der Waals surface area contributed by atoms with Crippen molar-refractivity contribution in [1.29, 1.82) is 0 Å². The second-order valence-corrected chi connectivity index (χ2v) is 6.12. The second-order valence-electron chi connectivity index (χ2n) is 6.12. The van der Waals surface area contributed by atoms with Gasteiger partial charge in [0.15, 0.2) is 0 Å². The van der Waals surface area contributed by atoms with Crippen LogP contribution >= 0.6 is 0 Å². The van der Waals surface area contributed by atoms with Gasteiger partial charge in [-0.2, -0.15) is 0 Å². The van der Waals surface area contributed by atoms with Crippen LogP contribution < -0.4 is 5.32 Å². The van der Waals surface area contributed by atoms with E-state index in [0.29, 0.717) is 5.41 Å². The van der Waals surface area contributed by atoms with Gasteiger partial charge < -0.3 is 10.2 Å². The highest BCUT2D eigenvalue weighted by Crippen LogP contribution is 2.50. The van der Waals surface area contributed by atoms with E-state index in [2.05, 4.69) is 31.0 Å². The molecule has 2 fully saturated rings. The number of likely N-dealkylation sites (tertiary alicyclic amines) is 1. The average molecular weight is 224 g/mol. The van der Waals surface area contributed by atoms with Crippen LogP contribution in [0.4, 0.5) is 0 Å². The standard InChI is InChI=1S/C14H28N2/c1-4-15-11-13-5-9-16(10-6-13)12(2)14(3)7-8-14/h12-13,15H,4-11H2,1-3H3. The summed E-state index contributed by atoms with van der Waals surface area (Å²) in [5, 5.41) is 3.49. The summed E-state index contributed by atoms with van der Waals surface area (Å²) < 4.78 is 0. The molecule has 0 amide bonds. The Kier molecular flexibility index (Phi) is 3.91. The van der Waals surface area contributed by atoms with Gasteiger partial charge in [-0.3, -0.25) is 0 Å². The molecular weight excluding hydrogens is 196 g/mol. The van der Waals surface area contributed by atoms with Crippen LogP contribution in [-0.2, 0) is 0 Å². The lowest BCUT2D eigenvalue weighted by atomic mass is 9.92. The van der Waals surface area contributed by atoms with E-state index in [1.165, 1.54) is 45.3 Å². The molecule has 1 heterocycles. The molecule has 2 heteroatoms. The van der Waals surface area contributed by atoms with Gasteiger partial charge in [0.05, 0.1) is 0 Å². The third kappa shape index (κ3) is 2.78. The molecule has 16 heavy (non-hydrogen) atoms. The Hall–Kier alpha value is -0.0800. The SMILES string of the molecule is CCNCC1CCN(C(C)C2(C)CC2)CC1. The van der Waals surface area contributed by atoms with Gasteiger partial charge in [0, 0.05) is 6.04 Å². The summed E-state index contributed by atoms with van der Waals surface area (Å²) in [6, 6.07) is 0.813. The molecule has 2 rings (SSSR count). The summed E-state index contributed by atoms with van der Waals surface area (Å²) in [6.45, 7) is 12.1. The maximum atomic E-state index is 3.49. The van der Waals surface area contributed by atoms with E-state index in [1.54, 1.807) is 0 Å². The lowest BCUT2D eigenvalue weighted by Crippen LogP contribution is -2.45. The third-order valence-electron chi connectivity index (χ3n) is 4.93. The van der Waals surface area contributed by atoms with E-state index in [-0.39, 0.29) is 0 Å². The van der Waals surface area contributed by atoms with Crippen molar-refractivity contribution in [2.24, 2.45) is 11.3 Å². The Bertz CT molecular complexity index is 215. The first-order chi connectivity index (χ1) is 7.65. The van der Waals surface area contributed by atoms with Crippen LogP contribution in [0.1, 0.15) is 46.5 Å². The zero-order chi connectivity index (χ0) is 11.6. The van der Waals surface area contributed by atoms with Crippen LogP contribution in [-0.4, -0.2) is 37.1 Å². The molecule has 1 saturated heterocycles. The Labute approximate surface area is 101 Å². The number of piperidine rings is 1. The Morgan fingerprint density at radius 3 is 2.44 bits per heavy atom. The minimum atomic E-state index is 0.661. The number of rotatable bonds is 5. The monoisotopic (exact) mass is 224 g/mol. The topological polar surface area (TPSA) is 15.3 Å². The summed E-state index contributed by atoms with van der Waals surface area (Å²) >= 11 is 0. The zero-order valence-corrected chi connectivity index (χ0v) is 11.3. The van der Waals surface area contributed by atoms with Gasteiger partial charge in [-0.25, -0.2) is 0 Å². The van der Waals surface area contributed by atoms with Gasteiger partial charge in [0.25, 0.3) is 0 Å². The molecule has 0 radical (unpaired) electrons. The highest BCUT2D eigenvalue weighted by molar-refractivity contribution is 4.98. The maximum Gasteiger partial charge on any atom is 0.0121 e. The van der Waals surface area contributed by atoms with Crippen LogP contribution in [0.25, 0.3) is 0 Å². The van der Waals surface area contributed by atoms with E-state index in [4.69, 9.17) is 0 Å². The fourth-order valence-corrected chi connectivity index (χ4v) is 2.95. The van der Waals surface area contributed by atoms with E-state index in [0.717, 1.165) is 18.5 Å². The van der Waals surface area contributed by atoms with Crippen molar-refractivity contribution in [3.05, 3.63) is 0 Å². The predicted octanol–water partition coefficient (Wildman–Crippen LogP) is 2.50. The molecule has 1 N–H and O–H groups in total. The molecule has 2 nitrogen and oxygen atoms in total. The third-order valence-corrected chi connectivity index (χ3v) is 4.93. The minimum absolute atomic E-state index is 0.661. The summed E-state index contributed by atoms with van der Waals surface area (Å²) in [7, 11) is 0. The first-order valence-corrected chi connectivity index (χ1v) is 7.10. The summed E-state index contributed by atoms with van der Waals surface area (Å²) in [5.74, 6) is 0.926. The molecule has 0 aromatic carbocycles. The first-order valence-electron chi connectivity index (χ1n) is 7.10. The van der Waals surface area contributed by atoms with Crippen molar-refractivity contribution in [1.82, 2.24) is 10.2 Å². The van der Waals surface area contributed by atoms with Crippen LogP contribution in [0.5, 0.6) is 0 Å².